The maximum atomic E-state index is 6.27. The number of nitrogens with zero attached hydrogens (tertiary/aromatic N) is 2. The van der Waals surface area contributed by atoms with Crippen molar-refractivity contribution < 1.29 is 4.42 Å². The number of furan rings is 1. The van der Waals surface area contributed by atoms with Crippen LogP contribution in [0.3, 0.4) is 0 Å². The first kappa shape index (κ1) is 34.9. The normalized spacial score (nSPS) is 11.6. The smallest absolute Gasteiger partial charge is 0.160 e. The van der Waals surface area contributed by atoms with Gasteiger partial charge in [-0.1, -0.05) is 188 Å². The summed E-state index contributed by atoms with van der Waals surface area (Å²) >= 11 is 0. The van der Waals surface area contributed by atoms with Crippen molar-refractivity contribution in [3.63, 3.8) is 0 Å². The van der Waals surface area contributed by atoms with E-state index in [1.807, 2.05) is 36.4 Å². The Morgan fingerprint density at radius 1 is 0.295 bits per heavy atom. The fraction of sp³-hybridized carbons (Fsp3) is 0. The van der Waals surface area contributed by atoms with E-state index in [2.05, 4.69) is 182 Å². The Morgan fingerprint density at radius 2 is 0.918 bits per heavy atom. The van der Waals surface area contributed by atoms with Gasteiger partial charge in [-0.2, -0.15) is 0 Å². The van der Waals surface area contributed by atoms with Crippen molar-refractivity contribution in [3.8, 4) is 67.5 Å². The van der Waals surface area contributed by atoms with Gasteiger partial charge in [-0.15, -0.1) is 0 Å². The first-order valence-corrected chi connectivity index (χ1v) is 20.7. The van der Waals surface area contributed by atoms with Gasteiger partial charge in [0.1, 0.15) is 11.3 Å². The lowest BCUT2D eigenvalue weighted by atomic mass is 9.88. The molecule has 0 aliphatic carbocycles. The molecule has 3 heteroatoms. The second-order valence-electron chi connectivity index (χ2n) is 15.7. The van der Waals surface area contributed by atoms with Gasteiger partial charge in [-0.05, 0) is 95.7 Å². The molecule has 12 aromatic rings. The topological polar surface area (TPSA) is 38.9 Å². The highest BCUT2D eigenvalue weighted by Gasteiger charge is 2.17. The highest BCUT2D eigenvalue weighted by molar-refractivity contribution is 6.20. The summed E-state index contributed by atoms with van der Waals surface area (Å²) in [6.07, 6.45) is 0. The van der Waals surface area contributed by atoms with Crippen LogP contribution >= 0.6 is 0 Å². The number of rotatable bonds is 6. The van der Waals surface area contributed by atoms with E-state index in [0.717, 1.165) is 61.3 Å². The number of aromatic nitrogens is 2. The number of hydrogen-bond acceptors (Lipinski definition) is 3. The Bertz CT molecular complexity index is 3610. The van der Waals surface area contributed by atoms with Gasteiger partial charge >= 0.3 is 0 Å². The van der Waals surface area contributed by atoms with E-state index in [4.69, 9.17) is 14.4 Å². The molecular weight excluding hydrogens is 741 g/mol. The molecule has 12 rings (SSSR count). The average Bonchev–Trinajstić information content (AvgIpc) is 3.78. The first-order chi connectivity index (χ1) is 30.2. The molecule has 2 heterocycles. The maximum absolute atomic E-state index is 6.27. The molecule has 0 saturated heterocycles. The van der Waals surface area contributed by atoms with E-state index in [1.165, 1.54) is 54.4 Å². The molecule has 0 unspecified atom stereocenters. The minimum absolute atomic E-state index is 0.681. The zero-order chi connectivity index (χ0) is 40.3. The minimum Gasteiger partial charge on any atom is -0.456 e. The third-order valence-electron chi connectivity index (χ3n) is 12.1. The molecule has 0 saturated carbocycles. The first-order valence-electron chi connectivity index (χ1n) is 20.7. The van der Waals surface area contributed by atoms with Crippen LogP contribution in [0.5, 0.6) is 0 Å². The maximum Gasteiger partial charge on any atom is 0.160 e. The average molecular weight is 777 g/mol. The van der Waals surface area contributed by atoms with Crippen LogP contribution in [-0.4, -0.2) is 9.97 Å². The summed E-state index contributed by atoms with van der Waals surface area (Å²) in [5.74, 6) is 1.51. The van der Waals surface area contributed by atoms with Crippen LogP contribution in [0.2, 0.25) is 0 Å². The molecule has 10 aromatic carbocycles. The van der Waals surface area contributed by atoms with Crippen molar-refractivity contribution in [2.24, 2.45) is 0 Å². The predicted molar refractivity (Wildman–Crippen MR) is 254 cm³/mol. The fourth-order valence-electron chi connectivity index (χ4n) is 9.13. The summed E-state index contributed by atoms with van der Waals surface area (Å²) in [5.41, 5.74) is 11.4. The Morgan fingerprint density at radius 3 is 1.74 bits per heavy atom. The fourth-order valence-corrected chi connectivity index (χ4v) is 9.13. The zero-order valence-electron chi connectivity index (χ0n) is 33.1. The van der Waals surface area contributed by atoms with E-state index in [-0.39, 0.29) is 0 Å². The molecule has 0 aliphatic rings. The lowest BCUT2D eigenvalue weighted by Crippen LogP contribution is -1.97. The Kier molecular flexibility index (Phi) is 8.17. The van der Waals surface area contributed by atoms with Gasteiger partial charge in [0.15, 0.2) is 5.82 Å². The van der Waals surface area contributed by atoms with Crippen LogP contribution < -0.4 is 0 Å². The van der Waals surface area contributed by atoms with Crippen LogP contribution in [-0.2, 0) is 0 Å². The molecule has 0 atom stereocenters. The summed E-state index contributed by atoms with van der Waals surface area (Å²) in [4.78, 5) is 10.4. The van der Waals surface area contributed by atoms with Gasteiger partial charge in [0.25, 0.3) is 0 Å². The largest absolute Gasteiger partial charge is 0.456 e. The highest BCUT2D eigenvalue weighted by atomic mass is 16.3. The van der Waals surface area contributed by atoms with Crippen molar-refractivity contribution in [2.75, 3.05) is 0 Å². The molecule has 3 nitrogen and oxygen atoms in total. The Labute approximate surface area is 352 Å². The summed E-state index contributed by atoms with van der Waals surface area (Å²) in [7, 11) is 0. The van der Waals surface area contributed by atoms with Crippen molar-refractivity contribution in [3.05, 3.63) is 218 Å². The third-order valence-corrected chi connectivity index (χ3v) is 12.1. The summed E-state index contributed by atoms with van der Waals surface area (Å²) in [6, 6.07) is 77.6. The second-order valence-corrected chi connectivity index (χ2v) is 15.7. The van der Waals surface area contributed by atoms with Crippen molar-refractivity contribution in [1.29, 1.82) is 0 Å². The van der Waals surface area contributed by atoms with Crippen molar-refractivity contribution >= 4 is 54.1 Å². The zero-order valence-corrected chi connectivity index (χ0v) is 33.1. The van der Waals surface area contributed by atoms with E-state index >= 15 is 0 Å². The SMILES string of the molecule is c1ccc(-c2nc(-c3cccc(-c4cc5ccccc5o4)c3)cc(-c3ccc(-c4ccc(-c5c6ccccc6cc6c5ccc5ccccc56)cc4)c4ccccc34)n2)cc1. The molecule has 0 radical (unpaired) electrons. The molecule has 0 spiro atoms. The second kappa shape index (κ2) is 14.3. The monoisotopic (exact) mass is 776 g/mol. The summed E-state index contributed by atoms with van der Waals surface area (Å²) in [5, 5.41) is 11.0. The van der Waals surface area contributed by atoms with E-state index in [0.29, 0.717) is 5.82 Å². The van der Waals surface area contributed by atoms with Gasteiger partial charge in [0.05, 0.1) is 11.4 Å². The van der Waals surface area contributed by atoms with Gasteiger partial charge in [-0.3, -0.25) is 0 Å². The summed E-state index contributed by atoms with van der Waals surface area (Å²) in [6.45, 7) is 0. The molecule has 0 aliphatic heterocycles. The summed E-state index contributed by atoms with van der Waals surface area (Å²) < 4.78 is 6.27. The molecule has 2 aromatic heterocycles. The van der Waals surface area contributed by atoms with Crippen LogP contribution in [0.4, 0.5) is 0 Å². The Balaban J connectivity index is 0.972. The lowest BCUT2D eigenvalue weighted by molar-refractivity contribution is 0.631. The molecule has 61 heavy (non-hydrogen) atoms. The Hall–Kier alpha value is -8.14. The lowest BCUT2D eigenvalue weighted by Gasteiger charge is -2.16. The number of benzene rings is 10. The molecule has 0 N–H and O–H groups in total. The molecule has 0 bridgehead atoms. The van der Waals surface area contributed by atoms with Crippen molar-refractivity contribution in [2.45, 2.75) is 0 Å². The minimum atomic E-state index is 0.681. The van der Waals surface area contributed by atoms with E-state index in [9.17, 15) is 0 Å². The van der Waals surface area contributed by atoms with Crippen LogP contribution in [0.25, 0.3) is 122 Å². The van der Waals surface area contributed by atoms with Crippen LogP contribution in [0, 0.1) is 0 Å². The van der Waals surface area contributed by atoms with Gasteiger partial charge in [0, 0.05) is 27.6 Å². The van der Waals surface area contributed by atoms with Crippen molar-refractivity contribution in [1.82, 2.24) is 9.97 Å². The van der Waals surface area contributed by atoms with Crippen LogP contribution in [0.1, 0.15) is 0 Å². The molecule has 0 fully saturated rings. The van der Waals surface area contributed by atoms with E-state index < -0.39 is 0 Å². The number of para-hydroxylation sites is 1. The predicted octanol–water partition coefficient (Wildman–Crippen LogP) is 15.8. The third kappa shape index (κ3) is 6.06. The highest BCUT2D eigenvalue weighted by Crippen LogP contribution is 2.42. The molecular formula is C58H36N2O. The number of fused-ring (bicyclic) bond motifs is 6. The number of hydrogen-bond donors (Lipinski definition) is 0. The standard InChI is InChI=1S/C58H36N2O/c1-2-14-40(15-3-1)58-59-53(42-18-12-19-43(33-42)56-35-44-17-6-11-24-55(44)61-56)36-54(60-58)50-32-31-46(48-22-9-10-23-49(48)50)38-25-27-39(28-26-38)57-47-21-8-5-16-41(47)34-52-45-20-7-4-13-37(45)29-30-51(52)57/h1-36H. The van der Waals surface area contributed by atoms with Gasteiger partial charge in [-0.25, -0.2) is 9.97 Å². The van der Waals surface area contributed by atoms with Crippen LogP contribution in [0.15, 0.2) is 223 Å². The molecule has 284 valence electrons. The quantitative estimate of drug-likeness (QED) is 0.125. The van der Waals surface area contributed by atoms with E-state index in [1.54, 1.807) is 0 Å². The molecule has 0 amide bonds. The van der Waals surface area contributed by atoms with Gasteiger partial charge in [0.2, 0.25) is 0 Å². The van der Waals surface area contributed by atoms with Gasteiger partial charge < -0.3 is 4.42 Å².